The molecular weight excluding hydrogens is 441 g/mol. The summed E-state index contributed by atoms with van der Waals surface area (Å²) in [4.78, 5) is 37.7. The number of carboxylic acid groups (broad SMARTS) is 1. The van der Waals surface area contributed by atoms with Crippen molar-refractivity contribution in [2.45, 2.75) is 44.9 Å². The van der Waals surface area contributed by atoms with Gasteiger partial charge >= 0.3 is 13.7 Å². The number of nitrogens with one attached hydrogen (secondary N) is 3. The number of hydrogen-bond acceptors (Lipinski definition) is 6. The van der Waals surface area contributed by atoms with Crippen molar-refractivity contribution in [3.05, 3.63) is 36.0 Å². The maximum Gasteiger partial charge on any atom is 0.403 e. The molecule has 2 aromatic rings. The third-order valence-corrected chi connectivity index (χ3v) is 5.85. The minimum atomic E-state index is -4.52. The molecular formula is C20H30N3O8P. The zero-order chi connectivity index (χ0) is 23.9. The second-order valence-electron chi connectivity index (χ2n) is 7.93. The van der Waals surface area contributed by atoms with E-state index < -0.39 is 51.0 Å². The number of carbonyl (C=O) groups is 2. The summed E-state index contributed by atoms with van der Waals surface area (Å²) in [6, 6.07) is 4.86. The molecule has 0 radical (unpaired) electrons. The first kappa shape index (κ1) is 26.0. The Morgan fingerprint density at radius 3 is 2.53 bits per heavy atom. The molecule has 1 aromatic carbocycles. The van der Waals surface area contributed by atoms with Gasteiger partial charge in [0, 0.05) is 23.5 Å². The Morgan fingerprint density at radius 2 is 1.91 bits per heavy atom. The van der Waals surface area contributed by atoms with E-state index in [0.29, 0.717) is 5.56 Å². The number of fused-ring (bicyclic) bond motifs is 1. The number of carbonyl (C=O) groups excluding carboxylic acids is 1. The number of rotatable bonds is 13. The van der Waals surface area contributed by atoms with E-state index in [1.165, 1.54) is 0 Å². The number of amides is 1. The van der Waals surface area contributed by atoms with E-state index in [2.05, 4.69) is 15.4 Å². The van der Waals surface area contributed by atoms with Crippen LogP contribution in [0.3, 0.4) is 0 Å². The van der Waals surface area contributed by atoms with Gasteiger partial charge in [0.2, 0.25) is 5.91 Å². The molecule has 4 unspecified atom stereocenters. The van der Waals surface area contributed by atoms with Crippen LogP contribution < -0.4 is 10.4 Å². The van der Waals surface area contributed by atoms with Gasteiger partial charge in [-0.25, -0.2) is 14.4 Å². The molecule has 178 valence electrons. The maximum absolute atomic E-state index is 12.8. The second kappa shape index (κ2) is 11.6. The van der Waals surface area contributed by atoms with Gasteiger partial charge < -0.3 is 30.5 Å². The number of aliphatic hydroxyl groups excluding tert-OH is 2. The largest absolute Gasteiger partial charge is 0.480 e. The van der Waals surface area contributed by atoms with Gasteiger partial charge in [-0.1, -0.05) is 32.0 Å². The molecule has 32 heavy (non-hydrogen) atoms. The average Bonchev–Trinajstić information content (AvgIpc) is 3.13. The number of aliphatic hydroxyl groups is 2. The molecule has 0 aliphatic carbocycles. The molecule has 1 amide bonds. The van der Waals surface area contributed by atoms with Gasteiger partial charge in [0.05, 0.1) is 19.3 Å². The van der Waals surface area contributed by atoms with Crippen LogP contribution in [0.25, 0.3) is 10.9 Å². The normalized spacial score (nSPS) is 16.4. The van der Waals surface area contributed by atoms with Crippen LogP contribution in [0.5, 0.6) is 0 Å². The van der Waals surface area contributed by atoms with E-state index in [4.69, 9.17) is 9.63 Å². The Labute approximate surface area is 185 Å². The van der Waals surface area contributed by atoms with E-state index >= 15 is 0 Å². The highest BCUT2D eigenvalue weighted by molar-refractivity contribution is 7.50. The Hall–Kier alpha value is -2.27. The predicted molar refractivity (Wildman–Crippen MR) is 117 cm³/mol. The Morgan fingerprint density at radius 1 is 1.22 bits per heavy atom. The number of hydrogen-bond donors (Lipinski definition) is 7. The number of aromatic amines is 1. The molecule has 2 rings (SSSR count). The van der Waals surface area contributed by atoms with Gasteiger partial charge in [0.15, 0.2) is 0 Å². The topological polar surface area (TPSA) is 181 Å². The van der Waals surface area contributed by atoms with Gasteiger partial charge in [0.1, 0.15) is 12.1 Å². The zero-order valence-electron chi connectivity index (χ0n) is 17.9. The van der Waals surface area contributed by atoms with Crippen LogP contribution in [-0.4, -0.2) is 68.5 Å². The molecule has 1 aromatic heterocycles. The van der Waals surface area contributed by atoms with Crippen LogP contribution in [0.15, 0.2) is 30.5 Å². The summed E-state index contributed by atoms with van der Waals surface area (Å²) in [6.45, 7) is 2.30. The summed E-state index contributed by atoms with van der Waals surface area (Å²) in [6.07, 6.45) is 0.456. The van der Waals surface area contributed by atoms with Crippen LogP contribution >= 0.6 is 7.75 Å². The maximum atomic E-state index is 12.8. The Bertz CT molecular complexity index is 963. The lowest BCUT2D eigenvalue weighted by Gasteiger charge is -2.25. The quantitative estimate of drug-likeness (QED) is 0.207. The molecule has 0 aliphatic heterocycles. The highest BCUT2D eigenvalue weighted by Crippen LogP contribution is 2.38. The molecule has 12 heteroatoms. The lowest BCUT2D eigenvalue weighted by molar-refractivity contribution is -0.142. The first-order valence-electron chi connectivity index (χ1n) is 10.1. The minimum absolute atomic E-state index is 0.00939. The number of benzene rings is 1. The van der Waals surface area contributed by atoms with Crippen LogP contribution in [0.2, 0.25) is 0 Å². The Kier molecular flexibility index (Phi) is 9.38. The number of para-hydroxylation sites is 1. The molecule has 0 saturated carbocycles. The van der Waals surface area contributed by atoms with Crippen LogP contribution in [-0.2, 0) is 25.1 Å². The first-order valence-corrected chi connectivity index (χ1v) is 11.7. The van der Waals surface area contributed by atoms with E-state index in [1.807, 2.05) is 24.3 Å². The van der Waals surface area contributed by atoms with Crippen LogP contribution in [0.4, 0.5) is 0 Å². The molecule has 0 spiro atoms. The van der Waals surface area contributed by atoms with Crippen LogP contribution in [0.1, 0.15) is 25.8 Å². The van der Waals surface area contributed by atoms with Gasteiger partial charge in [-0.15, -0.1) is 0 Å². The fraction of sp³-hybridized carbons (Fsp3) is 0.500. The number of aliphatic carboxylic acids is 1. The lowest BCUT2D eigenvalue weighted by Crippen LogP contribution is -2.50. The first-order chi connectivity index (χ1) is 15.0. The van der Waals surface area contributed by atoms with Crippen molar-refractivity contribution in [1.29, 1.82) is 0 Å². The monoisotopic (exact) mass is 471 g/mol. The number of H-pyrrole nitrogens is 1. The minimum Gasteiger partial charge on any atom is -0.480 e. The van der Waals surface area contributed by atoms with Gasteiger partial charge in [0.25, 0.3) is 0 Å². The number of aromatic nitrogens is 1. The van der Waals surface area contributed by atoms with Crippen molar-refractivity contribution >= 4 is 30.5 Å². The van der Waals surface area contributed by atoms with Crippen molar-refractivity contribution in [3.8, 4) is 0 Å². The van der Waals surface area contributed by atoms with E-state index in [0.717, 1.165) is 10.9 Å². The highest BCUT2D eigenvalue weighted by Gasteiger charge is 2.32. The molecule has 0 saturated heterocycles. The molecule has 0 aliphatic rings. The lowest BCUT2D eigenvalue weighted by atomic mass is 10.0. The van der Waals surface area contributed by atoms with Crippen molar-refractivity contribution in [3.63, 3.8) is 0 Å². The SMILES string of the molecule is CC(C)CC(NP(=O)(O)OCC(O)CO)C(=O)NC(Cc1c[nH]c2ccccc12)C(=O)O. The smallest absolute Gasteiger partial charge is 0.403 e. The summed E-state index contributed by atoms with van der Waals surface area (Å²) in [5.41, 5.74) is 1.54. The van der Waals surface area contributed by atoms with Gasteiger partial charge in [-0.2, -0.15) is 0 Å². The van der Waals surface area contributed by atoms with Gasteiger partial charge in [-0.05, 0) is 24.0 Å². The Balaban J connectivity index is 2.13. The summed E-state index contributed by atoms with van der Waals surface area (Å²) < 4.78 is 17.0. The summed E-state index contributed by atoms with van der Waals surface area (Å²) in [7, 11) is -4.52. The number of carboxylic acids is 1. The van der Waals surface area contributed by atoms with E-state index in [-0.39, 0.29) is 18.8 Å². The molecule has 0 fully saturated rings. The van der Waals surface area contributed by atoms with E-state index in [1.54, 1.807) is 20.0 Å². The third kappa shape index (κ3) is 7.70. The highest BCUT2D eigenvalue weighted by atomic mass is 31.2. The summed E-state index contributed by atoms with van der Waals surface area (Å²) in [5.74, 6) is -2.09. The van der Waals surface area contributed by atoms with Crippen molar-refractivity contribution in [1.82, 2.24) is 15.4 Å². The summed E-state index contributed by atoms with van der Waals surface area (Å²) in [5, 5.41) is 33.2. The fourth-order valence-corrected chi connectivity index (χ4v) is 4.22. The predicted octanol–water partition coefficient (Wildman–Crippen LogP) is 0.754. The standard InChI is InChI=1S/C20H30N3O8P/c1-12(2)7-17(23-32(29,30)31-11-14(25)10-24)19(26)22-18(20(27)28)8-13-9-21-16-6-4-3-5-15(13)16/h3-6,9,12,14,17-18,21,24-25H,7-8,10-11H2,1-2H3,(H,22,26)(H,27,28)(H2,23,29,30). The average molecular weight is 471 g/mol. The molecule has 7 N–H and O–H groups in total. The molecule has 11 nitrogen and oxygen atoms in total. The van der Waals surface area contributed by atoms with Crippen molar-refractivity contribution in [2.24, 2.45) is 5.92 Å². The van der Waals surface area contributed by atoms with Gasteiger partial charge in [-0.3, -0.25) is 9.32 Å². The van der Waals surface area contributed by atoms with Crippen molar-refractivity contribution < 1.29 is 38.9 Å². The van der Waals surface area contributed by atoms with E-state index in [9.17, 15) is 29.3 Å². The summed E-state index contributed by atoms with van der Waals surface area (Å²) >= 11 is 0. The van der Waals surface area contributed by atoms with Crippen molar-refractivity contribution in [2.75, 3.05) is 13.2 Å². The second-order valence-corrected chi connectivity index (χ2v) is 9.48. The zero-order valence-corrected chi connectivity index (χ0v) is 18.8. The third-order valence-electron chi connectivity index (χ3n) is 4.71. The molecule has 4 atom stereocenters. The van der Waals surface area contributed by atoms with Crippen LogP contribution in [0, 0.1) is 5.92 Å². The fourth-order valence-electron chi connectivity index (χ4n) is 3.16. The molecule has 1 heterocycles. The molecule has 0 bridgehead atoms.